The van der Waals surface area contributed by atoms with Gasteiger partial charge in [-0.15, -0.1) is 0 Å². The van der Waals surface area contributed by atoms with E-state index < -0.39 is 23.3 Å². The van der Waals surface area contributed by atoms with Crippen LogP contribution >= 0.6 is 0 Å². The van der Waals surface area contributed by atoms with Gasteiger partial charge in [-0.2, -0.15) is 0 Å². The van der Waals surface area contributed by atoms with Crippen molar-refractivity contribution in [1.29, 1.82) is 0 Å². The lowest BCUT2D eigenvalue weighted by molar-refractivity contribution is -0.162. The SMILES string of the molecule is CC1=CC(=O)N(C(C)(C(=O)O)C2CC2)C1=O. The first-order chi connectivity index (χ1) is 7.39. The lowest BCUT2D eigenvalue weighted by Crippen LogP contribution is -2.57. The van der Waals surface area contributed by atoms with E-state index in [4.69, 9.17) is 0 Å². The van der Waals surface area contributed by atoms with Gasteiger partial charge in [0.15, 0.2) is 0 Å². The van der Waals surface area contributed by atoms with Crippen molar-refractivity contribution >= 4 is 17.8 Å². The molecule has 1 heterocycles. The van der Waals surface area contributed by atoms with Gasteiger partial charge in [-0.05, 0) is 32.6 Å². The number of carboxylic acids is 1. The average molecular weight is 223 g/mol. The molecular formula is C11H13NO4. The maximum absolute atomic E-state index is 11.8. The summed E-state index contributed by atoms with van der Waals surface area (Å²) in [7, 11) is 0. The highest BCUT2D eigenvalue weighted by atomic mass is 16.4. The second kappa shape index (κ2) is 3.17. The maximum Gasteiger partial charge on any atom is 0.330 e. The van der Waals surface area contributed by atoms with Crippen molar-refractivity contribution in [1.82, 2.24) is 4.90 Å². The van der Waals surface area contributed by atoms with Crippen LogP contribution in [0.5, 0.6) is 0 Å². The molecule has 0 radical (unpaired) electrons. The Morgan fingerprint density at radius 3 is 2.38 bits per heavy atom. The number of rotatable bonds is 3. The standard InChI is InChI=1S/C11H13NO4/c1-6-5-8(13)12(9(6)14)11(2,10(15)16)7-3-4-7/h5,7H,3-4H2,1-2H3,(H,15,16). The maximum atomic E-state index is 11.8. The van der Waals surface area contributed by atoms with Crippen LogP contribution in [0.1, 0.15) is 26.7 Å². The number of aliphatic carboxylic acids is 1. The molecule has 2 aliphatic rings. The molecule has 1 aliphatic heterocycles. The summed E-state index contributed by atoms with van der Waals surface area (Å²) in [6.45, 7) is 2.98. The van der Waals surface area contributed by atoms with E-state index in [0.29, 0.717) is 5.57 Å². The monoisotopic (exact) mass is 223 g/mol. The van der Waals surface area contributed by atoms with Gasteiger partial charge in [0.05, 0.1) is 0 Å². The Labute approximate surface area is 92.7 Å². The molecule has 1 fully saturated rings. The van der Waals surface area contributed by atoms with Gasteiger partial charge >= 0.3 is 5.97 Å². The number of carbonyl (C=O) groups excluding carboxylic acids is 2. The van der Waals surface area contributed by atoms with Gasteiger partial charge in [0.2, 0.25) is 0 Å². The lowest BCUT2D eigenvalue weighted by Gasteiger charge is -2.33. The Kier molecular flexibility index (Phi) is 2.15. The largest absolute Gasteiger partial charge is 0.479 e. The fraction of sp³-hybridized carbons (Fsp3) is 0.545. The zero-order chi connectivity index (χ0) is 12.1. The normalized spacial score (nSPS) is 24.4. The predicted octanol–water partition coefficient (Wildman–Crippen LogP) is 0.555. The zero-order valence-electron chi connectivity index (χ0n) is 9.19. The first-order valence-corrected chi connectivity index (χ1v) is 5.19. The highest BCUT2D eigenvalue weighted by molar-refractivity contribution is 6.18. The molecule has 16 heavy (non-hydrogen) atoms. The van der Waals surface area contributed by atoms with E-state index in [1.165, 1.54) is 19.9 Å². The van der Waals surface area contributed by atoms with Crippen LogP contribution in [0.25, 0.3) is 0 Å². The summed E-state index contributed by atoms with van der Waals surface area (Å²) in [6, 6.07) is 0. The Hall–Kier alpha value is -1.65. The predicted molar refractivity (Wildman–Crippen MR) is 54.4 cm³/mol. The first-order valence-electron chi connectivity index (χ1n) is 5.19. The van der Waals surface area contributed by atoms with Crippen LogP contribution in [0.3, 0.4) is 0 Å². The van der Waals surface area contributed by atoms with Gasteiger partial charge in [-0.25, -0.2) is 4.79 Å². The molecule has 86 valence electrons. The van der Waals surface area contributed by atoms with Gasteiger partial charge in [-0.1, -0.05) is 0 Å². The topological polar surface area (TPSA) is 74.7 Å². The van der Waals surface area contributed by atoms with Crippen molar-refractivity contribution in [3.8, 4) is 0 Å². The van der Waals surface area contributed by atoms with E-state index in [0.717, 1.165) is 17.7 Å². The van der Waals surface area contributed by atoms with E-state index in [-0.39, 0.29) is 5.92 Å². The second-order valence-corrected chi connectivity index (χ2v) is 4.53. The molecule has 5 heteroatoms. The van der Waals surface area contributed by atoms with Crippen molar-refractivity contribution < 1.29 is 19.5 Å². The molecule has 1 N–H and O–H groups in total. The summed E-state index contributed by atoms with van der Waals surface area (Å²) in [5.41, 5.74) is -1.08. The highest BCUT2D eigenvalue weighted by Gasteiger charge is 2.56. The smallest absolute Gasteiger partial charge is 0.330 e. The van der Waals surface area contributed by atoms with Crippen LogP contribution in [-0.4, -0.2) is 33.3 Å². The van der Waals surface area contributed by atoms with Crippen molar-refractivity contribution in [2.24, 2.45) is 5.92 Å². The number of carbonyl (C=O) groups is 3. The fourth-order valence-electron chi connectivity index (χ4n) is 2.13. The van der Waals surface area contributed by atoms with Crippen LogP contribution in [0.15, 0.2) is 11.6 Å². The van der Waals surface area contributed by atoms with E-state index in [1.807, 2.05) is 0 Å². The van der Waals surface area contributed by atoms with Crippen molar-refractivity contribution in [3.63, 3.8) is 0 Å². The van der Waals surface area contributed by atoms with Gasteiger partial charge in [-0.3, -0.25) is 14.5 Å². The molecule has 5 nitrogen and oxygen atoms in total. The molecule has 1 saturated carbocycles. The number of hydrogen-bond acceptors (Lipinski definition) is 3. The summed E-state index contributed by atoms with van der Waals surface area (Å²) in [4.78, 5) is 35.6. The molecule has 1 atom stereocenters. The van der Waals surface area contributed by atoms with E-state index in [9.17, 15) is 19.5 Å². The van der Waals surface area contributed by atoms with E-state index >= 15 is 0 Å². The number of imide groups is 1. The molecule has 0 aromatic heterocycles. The molecule has 0 saturated heterocycles. The quantitative estimate of drug-likeness (QED) is 0.709. The van der Waals surface area contributed by atoms with Crippen LogP contribution in [0.4, 0.5) is 0 Å². The number of hydrogen-bond donors (Lipinski definition) is 1. The summed E-state index contributed by atoms with van der Waals surface area (Å²) >= 11 is 0. The number of amides is 2. The van der Waals surface area contributed by atoms with Gasteiger partial charge < -0.3 is 5.11 Å². The van der Waals surface area contributed by atoms with Gasteiger partial charge in [0.25, 0.3) is 11.8 Å². The summed E-state index contributed by atoms with van der Waals surface area (Å²) in [5.74, 6) is -2.22. The van der Waals surface area contributed by atoms with Crippen molar-refractivity contribution in [2.45, 2.75) is 32.2 Å². The van der Waals surface area contributed by atoms with E-state index in [1.54, 1.807) is 0 Å². The third kappa shape index (κ3) is 1.27. The third-order valence-electron chi connectivity index (χ3n) is 3.37. The molecule has 1 aliphatic carbocycles. The second-order valence-electron chi connectivity index (χ2n) is 4.53. The Balaban J connectivity index is 2.40. The Morgan fingerprint density at radius 2 is 2.06 bits per heavy atom. The van der Waals surface area contributed by atoms with Crippen LogP contribution in [-0.2, 0) is 14.4 Å². The summed E-state index contributed by atoms with van der Waals surface area (Å²) < 4.78 is 0. The molecular weight excluding hydrogens is 210 g/mol. The molecule has 0 aromatic rings. The molecule has 0 bridgehead atoms. The zero-order valence-corrected chi connectivity index (χ0v) is 9.19. The fourth-order valence-corrected chi connectivity index (χ4v) is 2.13. The van der Waals surface area contributed by atoms with Crippen LogP contribution < -0.4 is 0 Å². The van der Waals surface area contributed by atoms with E-state index in [2.05, 4.69) is 0 Å². The summed E-state index contributed by atoms with van der Waals surface area (Å²) in [6.07, 6.45) is 2.70. The minimum absolute atomic E-state index is 0.114. The highest BCUT2D eigenvalue weighted by Crippen LogP contribution is 2.44. The van der Waals surface area contributed by atoms with Crippen molar-refractivity contribution in [2.75, 3.05) is 0 Å². The van der Waals surface area contributed by atoms with Crippen LogP contribution in [0.2, 0.25) is 0 Å². The molecule has 2 rings (SSSR count). The van der Waals surface area contributed by atoms with Gasteiger partial charge in [0.1, 0.15) is 5.54 Å². The Morgan fingerprint density at radius 1 is 1.50 bits per heavy atom. The average Bonchev–Trinajstić information content (AvgIpc) is 2.96. The number of nitrogens with zero attached hydrogens (tertiary/aromatic N) is 1. The molecule has 1 unspecified atom stereocenters. The minimum atomic E-state index is -1.39. The number of carboxylic acid groups (broad SMARTS) is 1. The summed E-state index contributed by atoms with van der Waals surface area (Å²) in [5, 5.41) is 9.26. The third-order valence-corrected chi connectivity index (χ3v) is 3.37. The lowest BCUT2D eigenvalue weighted by atomic mass is 9.93. The van der Waals surface area contributed by atoms with Crippen molar-refractivity contribution in [3.05, 3.63) is 11.6 Å². The molecule has 2 amide bonds. The Bertz CT molecular complexity index is 422. The van der Waals surface area contributed by atoms with Crippen LogP contribution in [0, 0.1) is 5.92 Å². The molecule has 0 aromatic carbocycles. The first kappa shape index (κ1) is 10.9. The molecule has 0 spiro atoms. The van der Waals surface area contributed by atoms with Gasteiger partial charge in [0, 0.05) is 11.6 Å². The minimum Gasteiger partial charge on any atom is -0.479 e.